The van der Waals surface area contributed by atoms with Crippen LogP contribution in [0.3, 0.4) is 0 Å². The van der Waals surface area contributed by atoms with Gasteiger partial charge in [-0.3, -0.25) is 4.79 Å². The summed E-state index contributed by atoms with van der Waals surface area (Å²) in [6.45, 7) is 0. The summed E-state index contributed by atoms with van der Waals surface area (Å²) in [5.41, 5.74) is 5.96. The van der Waals surface area contributed by atoms with E-state index < -0.39 is 18.0 Å². The molecule has 0 unspecified atom stereocenters. The number of carboxylic acid groups (broad SMARTS) is 1. The molecular formula is C18H22N4O4. The van der Waals surface area contributed by atoms with Crippen LogP contribution >= 0.6 is 0 Å². The van der Waals surface area contributed by atoms with Gasteiger partial charge in [-0.25, -0.2) is 14.5 Å². The van der Waals surface area contributed by atoms with E-state index in [-0.39, 0.29) is 23.7 Å². The molecule has 1 aromatic heterocycles. The van der Waals surface area contributed by atoms with Gasteiger partial charge in [0.05, 0.1) is 17.7 Å². The van der Waals surface area contributed by atoms with Crippen molar-refractivity contribution < 1.29 is 19.8 Å². The van der Waals surface area contributed by atoms with Crippen molar-refractivity contribution in [3.05, 3.63) is 41.5 Å². The van der Waals surface area contributed by atoms with Gasteiger partial charge in [0.25, 0.3) is 0 Å². The van der Waals surface area contributed by atoms with Gasteiger partial charge in [0, 0.05) is 0 Å². The third kappa shape index (κ3) is 3.91. The molecule has 1 aliphatic rings. The van der Waals surface area contributed by atoms with Crippen LogP contribution in [0.4, 0.5) is 0 Å². The Hall–Kier alpha value is -2.74. The van der Waals surface area contributed by atoms with Crippen LogP contribution in [-0.2, 0) is 11.2 Å². The first-order chi connectivity index (χ1) is 12.5. The second-order valence-electron chi connectivity index (χ2n) is 6.64. The third-order valence-electron chi connectivity index (χ3n) is 4.73. The fourth-order valence-electron chi connectivity index (χ4n) is 3.39. The van der Waals surface area contributed by atoms with E-state index in [1.54, 1.807) is 12.1 Å². The van der Waals surface area contributed by atoms with Gasteiger partial charge in [-0.15, -0.1) is 0 Å². The molecule has 1 amide bonds. The molecule has 4 N–H and O–H groups in total. The SMILES string of the molecule is NC(=O)Cc1nc([C@H](O)C2CCCCC2)n(-c2ccc(C(=O)O)cc2)n1. The van der Waals surface area contributed by atoms with Gasteiger partial charge in [0.1, 0.15) is 6.10 Å². The Labute approximate surface area is 150 Å². The molecule has 8 heteroatoms. The first-order valence-corrected chi connectivity index (χ1v) is 8.71. The van der Waals surface area contributed by atoms with Crippen molar-refractivity contribution in [2.45, 2.75) is 44.6 Å². The van der Waals surface area contributed by atoms with Crippen LogP contribution in [0, 0.1) is 5.92 Å². The molecule has 26 heavy (non-hydrogen) atoms. The number of aliphatic hydroxyl groups is 1. The molecule has 0 bridgehead atoms. The van der Waals surface area contributed by atoms with Gasteiger partial charge in [-0.05, 0) is 43.0 Å². The number of aromatic carboxylic acids is 1. The average molecular weight is 358 g/mol. The van der Waals surface area contributed by atoms with Crippen molar-refractivity contribution in [3.63, 3.8) is 0 Å². The zero-order valence-corrected chi connectivity index (χ0v) is 14.3. The second-order valence-corrected chi connectivity index (χ2v) is 6.64. The molecule has 1 heterocycles. The molecule has 1 atom stereocenters. The zero-order chi connectivity index (χ0) is 18.7. The quantitative estimate of drug-likeness (QED) is 0.719. The van der Waals surface area contributed by atoms with Crippen LogP contribution in [0.1, 0.15) is 60.2 Å². The van der Waals surface area contributed by atoms with E-state index in [0.717, 1.165) is 25.7 Å². The van der Waals surface area contributed by atoms with Gasteiger partial charge in [0.15, 0.2) is 11.6 Å². The van der Waals surface area contributed by atoms with Gasteiger partial charge in [-0.2, -0.15) is 5.10 Å². The lowest BCUT2D eigenvalue weighted by Gasteiger charge is -2.26. The number of hydrogen-bond donors (Lipinski definition) is 3. The summed E-state index contributed by atoms with van der Waals surface area (Å²) in [5, 5.41) is 24.2. The monoisotopic (exact) mass is 358 g/mol. The Balaban J connectivity index is 1.97. The number of aromatic nitrogens is 3. The minimum Gasteiger partial charge on any atom is -0.478 e. The number of aliphatic hydroxyl groups excluding tert-OH is 1. The number of amides is 1. The van der Waals surface area contributed by atoms with Crippen molar-refractivity contribution in [1.29, 1.82) is 0 Å². The summed E-state index contributed by atoms with van der Waals surface area (Å²) in [6.07, 6.45) is 4.20. The fourth-order valence-corrected chi connectivity index (χ4v) is 3.39. The van der Waals surface area contributed by atoms with E-state index in [4.69, 9.17) is 10.8 Å². The highest BCUT2D eigenvalue weighted by molar-refractivity contribution is 5.87. The largest absolute Gasteiger partial charge is 0.478 e. The minimum absolute atomic E-state index is 0.0893. The van der Waals surface area contributed by atoms with Crippen molar-refractivity contribution >= 4 is 11.9 Å². The maximum absolute atomic E-state index is 11.2. The van der Waals surface area contributed by atoms with Crippen LogP contribution in [-0.4, -0.2) is 36.9 Å². The van der Waals surface area contributed by atoms with Crippen LogP contribution in [0.25, 0.3) is 5.69 Å². The number of benzene rings is 1. The summed E-state index contributed by atoms with van der Waals surface area (Å²) in [7, 11) is 0. The molecule has 1 saturated carbocycles. The van der Waals surface area contributed by atoms with E-state index >= 15 is 0 Å². The second kappa shape index (κ2) is 7.65. The van der Waals surface area contributed by atoms with E-state index in [1.807, 2.05) is 0 Å². The first-order valence-electron chi connectivity index (χ1n) is 8.71. The average Bonchev–Trinajstić information content (AvgIpc) is 3.05. The lowest BCUT2D eigenvalue weighted by Crippen LogP contribution is -2.20. The number of hydrogen-bond acceptors (Lipinski definition) is 5. The van der Waals surface area contributed by atoms with Crippen LogP contribution in [0.5, 0.6) is 0 Å². The zero-order valence-electron chi connectivity index (χ0n) is 14.3. The molecule has 1 aliphatic carbocycles. The van der Waals surface area contributed by atoms with Crippen LogP contribution < -0.4 is 5.73 Å². The topological polar surface area (TPSA) is 131 Å². The molecular weight excluding hydrogens is 336 g/mol. The number of nitrogens with two attached hydrogens (primary N) is 1. The van der Waals surface area contributed by atoms with Gasteiger partial charge in [-0.1, -0.05) is 19.3 Å². The number of rotatable bonds is 6. The van der Waals surface area contributed by atoms with E-state index in [1.165, 1.54) is 23.2 Å². The number of primary amides is 1. The Morgan fingerprint density at radius 1 is 1.19 bits per heavy atom. The number of nitrogens with zero attached hydrogens (tertiary/aromatic N) is 3. The van der Waals surface area contributed by atoms with E-state index in [2.05, 4.69) is 10.1 Å². The standard InChI is InChI=1S/C18H22N4O4/c19-14(23)10-15-20-17(16(24)11-4-2-1-3-5-11)22(21-15)13-8-6-12(7-9-13)18(25)26/h6-9,11,16,24H,1-5,10H2,(H2,19,23)(H,25,26)/t16-/m1/s1. The smallest absolute Gasteiger partial charge is 0.335 e. The third-order valence-corrected chi connectivity index (χ3v) is 4.73. The molecule has 0 spiro atoms. The first kappa shape index (κ1) is 18.1. The highest BCUT2D eigenvalue weighted by atomic mass is 16.4. The summed E-state index contributed by atoms with van der Waals surface area (Å²) in [4.78, 5) is 26.6. The predicted octanol–water partition coefficient (Wildman–Crippen LogP) is 1.61. The number of carbonyl (C=O) groups is 2. The molecule has 1 aromatic carbocycles. The molecule has 0 aliphatic heterocycles. The lowest BCUT2D eigenvalue weighted by molar-refractivity contribution is -0.117. The molecule has 3 rings (SSSR count). The molecule has 0 saturated heterocycles. The summed E-state index contributed by atoms with van der Waals surface area (Å²) in [6, 6.07) is 6.13. The van der Waals surface area contributed by atoms with Crippen molar-refractivity contribution in [2.75, 3.05) is 0 Å². The Bertz CT molecular complexity index is 794. The summed E-state index contributed by atoms with van der Waals surface area (Å²) >= 11 is 0. The normalized spacial score (nSPS) is 16.3. The van der Waals surface area contributed by atoms with Crippen LogP contribution in [0.15, 0.2) is 24.3 Å². The van der Waals surface area contributed by atoms with Crippen molar-refractivity contribution in [3.8, 4) is 5.69 Å². The molecule has 138 valence electrons. The predicted molar refractivity (Wildman–Crippen MR) is 92.8 cm³/mol. The van der Waals surface area contributed by atoms with Crippen LogP contribution in [0.2, 0.25) is 0 Å². The van der Waals surface area contributed by atoms with Gasteiger partial charge in [0.2, 0.25) is 5.91 Å². The molecule has 0 radical (unpaired) electrons. The number of carbonyl (C=O) groups excluding carboxylic acids is 1. The molecule has 2 aromatic rings. The van der Waals surface area contributed by atoms with Gasteiger partial charge < -0.3 is 15.9 Å². The maximum atomic E-state index is 11.2. The Kier molecular flexibility index (Phi) is 5.32. The summed E-state index contributed by atoms with van der Waals surface area (Å²) in [5.74, 6) is -0.888. The molecule has 1 fully saturated rings. The highest BCUT2D eigenvalue weighted by Gasteiger charge is 2.28. The maximum Gasteiger partial charge on any atom is 0.335 e. The van der Waals surface area contributed by atoms with Crippen molar-refractivity contribution in [1.82, 2.24) is 14.8 Å². The Morgan fingerprint density at radius 3 is 2.42 bits per heavy atom. The Morgan fingerprint density at radius 2 is 1.85 bits per heavy atom. The minimum atomic E-state index is -1.02. The van der Waals surface area contributed by atoms with Gasteiger partial charge >= 0.3 is 5.97 Å². The lowest BCUT2D eigenvalue weighted by atomic mass is 9.85. The van der Waals surface area contributed by atoms with E-state index in [0.29, 0.717) is 11.5 Å². The fraction of sp³-hybridized carbons (Fsp3) is 0.444. The van der Waals surface area contributed by atoms with Crippen molar-refractivity contribution in [2.24, 2.45) is 11.7 Å². The molecule has 8 nitrogen and oxygen atoms in total. The number of carboxylic acids is 1. The van der Waals surface area contributed by atoms with E-state index in [9.17, 15) is 14.7 Å². The summed E-state index contributed by atoms with van der Waals surface area (Å²) < 4.78 is 1.48. The highest BCUT2D eigenvalue weighted by Crippen LogP contribution is 2.34.